The first-order valence-corrected chi connectivity index (χ1v) is 5.30. The SMILES string of the molecule is N#Cc1ccccc1B1Oc2ccccc2O1. The van der Waals surface area contributed by atoms with Crippen molar-refractivity contribution in [2.45, 2.75) is 0 Å². The van der Waals surface area contributed by atoms with Gasteiger partial charge in [0.25, 0.3) is 0 Å². The summed E-state index contributed by atoms with van der Waals surface area (Å²) in [5.41, 5.74) is 1.33. The first kappa shape index (κ1) is 9.80. The molecule has 0 bridgehead atoms. The van der Waals surface area contributed by atoms with Crippen LogP contribution in [0.2, 0.25) is 0 Å². The zero-order valence-electron chi connectivity index (χ0n) is 8.96. The topological polar surface area (TPSA) is 42.2 Å². The van der Waals surface area contributed by atoms with E-state index in [0.29, 0.717) is 17.1 Å². The minimum atomic E-state index is -0.525. The van der Waals surface area contributed by atoms with Crippen LogP contribution < -0.4 is 14.8 Å². The van der Waals surface area contributed by atoms with Crippen LogP contribution in [0.25, 0.3) is 0 Å². The van der Waals surface area contributed by atoms with E-state index in [0.717, 1.165) is 5.46 Å². The van der Waals surface area contributed by atoms with E-state index in [9.17, 15) is 0 Å². The van der Waals surface area contributed by atoms with Gasteiger partial charge in [-0.3, -0.25) is 0 Å². The van der Waals surface area contributed by atoms with Crippen molar-refractivity contribution in [2.24, 2.45) is 0 Å². The zero-order chi connectivity index (χ0) is 11.7. The Labute approximate surface area is 99.4 Å². The molecule has 3 nitrogen and oxygen atoms in total. The maximum atomic E-state index is 9.03. The maximum Gasteiger partial charge on any atom is 0.634 e. The van der Waals surface area contributed by atoms with Crippen LogP contribution in [0.1, 0.15) is 5.56 Å². The molecule has 0 saturated heterocycles. The lowest BCUT2D eigenvalue weighted by molar-refractivity contribution is 0.518. The Hall–Kier alpha value is -2.41. The minimum absolute atomic E-state index is 0.525. The molecule has 0 radical (unpaired) electrons. The van der Waals surface area contributed by atoms with E-state index in [2.05, 4.69) is 6.07 Å². The number of nitriles is 1. The van der Waals surface area contributed by atoms with E-state index in [1.54, 1.807) is 6.07 Å². The average molecular weight is 221 g/mol. The molecule has 1 aliphatic heterocycles. The molecule has 2 aromatic carbocycles. The molecule has 0 unspecified atom stereocenters. The monoisotopic (exact) mass is 221 g/mol. The lowest BCUT2D eigenvalue weighted by Gasteiger charge is -2.05. The lowest BCUT2D eigenvalue weighted by Crippen LogP contribution is -2.40. The maximum absolute atomic E-state index is 9.03. The molecule has 80 valence electrons. The zero-order valence-corrected chi connectivity index (χ0v) is 8.96. The predicted octanol–water partition coefficient (Wildman–Crippen LogP) is 1.72. The third-order valence-electron chi connectivity index (χ3n) is 2.65. The van der Waals surface area contributed by atoms with Crippen LogP contribution in [0.15, 0.2) is 48.5 Å². The first-order valence-electron chi connectivity index (χ1n) is 5.30. The van der Waals surface area contributed by atoms with Crippen LogP contribution in [0.5, 0.6) is 11.5 Å². The van der Waals surface area contributed by atoms with Gasteiger partial charge in [0.1, 0.15) is 11.5 Å². The highest BCUT2D eigenvalue weighted by Gasteiger charge is 2.35. The van der Waals surface area contributed by atoms with Gasteiger partial charge in [-0.25, -0.2) is 0 Å². The molecule has 0 atom stereocenters. The van der Waals surface area contributed by atoms with Gasteiger partial charge in [0, 0.05) is 5.46 Å². The number of nitrogens with zero attached hydrogens (tertiary/aromatic N) is 1. The first-order chi connectivity index (χ1) is 8.38. The molecule has 0 N–H and O–H groups in total. The van der Waals surface area contributed by atoms with Crippen LogP contribution in [0.4, 0.5) is 0 Å². The molecule has 0 fully saturated rings. The molecule has 0 saturated carbocycles. The number of hydrogen-bond donors (Lipinski definition) is 0. The fourth-order valence-corrected chi connectivity index (χ4v) is 1.83. The van der Waals surface area contributed by atoms with Crippen LogP contribution >= 0.6 is 0 Å². The summed E-state index contributed by atoms with van der Waals surface area (Å²) >= 11 is 0. The Morgan fingerprint density at radius 1 is 0.882 bits per heavy atom. The molecule has 1 heterocycles. The number of para-hydroxylation sites is 2. The van der Waals surface area contributed by atoms with Crippen molar-refractivity contribution in [3.05, 3.63) is 54.1 Å². The number of hydrogen-bond acceptors (Lipinski definition) is 3. The highest BCUT2D eigenvalue weighted by Crippen LogP contribution is 2.32. The van der Waals surface area contributed by atoms with Gasteiger partial charge in [-0.15, -0.1) is 0 Å². The van der Waals surface area contributed by atoms with Crippen LogP contribution in [0.3, 0.4) is 0 Å². The Morgan fingerprint density at radius 3 is 2.12 bits per heavy atom. The summed E-state index contributed by atoms with van der Waals surface area (Å²) in [6.45, 7) is 0. The van der Waals surface area contributed by atoms with Gasteiger partial charge in [0.2, 0.25) is 0 Å². The molecule has 3 rings (SSSR count). The molecule has 0 spiro atoms. The predicted molar refractivity (Wildman–Crippen MR) is 64.2 cm³/mol. The molecule has 0 aliphatic carbocycles. The summed E-state index contributed by atoms with van der Waals surface area (Å²) in [6, 6.07) is 16.9. The molecule has 1 aliphatic rings. The van der Waals surface area contributed by atoms with Crippen LogP contribution in [-0.4, -0.2) is 7.12 Å². The highest BCUT2D eigenvalue weighted by molar-refractivity contribution is 6.64. The van der Waals surface area contributed by atoms with E-state index in [4.69, 9.17) is 14.6 Å². The summed E-state index contributed by atoms with van der Waals surface area (Å²) in [5.74, 6) is 1.43. The Balaban J connectivity index is 1.97. The second-order valence-corrected chi connectivity index (χ2v) is 3.71. The van der Waals surface area contributed by atoms with Crippen molar-refractivity contribution >= 4 is 12.6 Å². The molecule has 0 amide bonds. The summed E-state index contributed by atoms with van der Waals surface area (Å²) < 4.78 is 11.3. The largest absolute Gasteiger partial charge is 0.634 e. The highest BCUT2D eigenvalue weighted by atomic mass is 16.6. The Morgan fingerprint density at radius 2 is 1.47 bits per heavy atom. The fraction of sp³-hybridized carbons (Fsp3) is 0. The molecule has 4 heteroatoms. The van der Waals surface area contributed by atoms with Gasteiger partial charge in [-0.05, 0) is 18.2 Å². The van der Waals surface area contributed by atoms with E-state index in [1.165, 1.54) is 0 Å². The second kappa shape index (κ2) is 3.87. The summed E-state index contributed by atoms with van der Waals surface area (Å²) in [5, 5.41) is 9.03. The Bertz CT molecular complexity index is 581. The van der Waals surface area contributed by atoms with Crippen molar-refractivity contribution in [1.29, 1.82) is 5.26 Å². The van der Waals surface area contributed by atoms with Gasteiger partial charge >= 0.3 is 7.12 Å². The van der Waals surface area contributed by atoms with Crippen molar-refractivity contribution in [3.8, 4) is 17.6 Å². The normalized spacial score (nSPS) is 12.3. The smallest absolute Gasteiger partial charge is 0.519 e. The molecule has 0 aromatic heterocycles. The van der Waals surface area contributed by atoms with Gasteiger partial charge in [-0.1, -0.05) is 30.3 Å². The van der Waals surface area contributed by atoms with E-state index >= 15 is 0 Å². The van der Waals surface area contributed by atoms with Crippen molar-refractivity contribution in [2.75, 3.05) is 0 Å². The van der Waals surface area contributed by atoms with Gasteiger partial charge < -0.3 is 9.31 Å². The third-order valence-corrected chi connectivity index (χ3v) is 2.65. The average Bonchev–Trinajstić information content (AvgIpc) is 2.82. The van der Waals surface area contributed by atoms with Crippen molar-refractivity contribution < 1.29 is 9.31 Å². The van der Waals surface area contributed by atoms with E-state index < -0.39 is 7.12 Å². The van der Waals surface area contributed by atoms with Crippen molar-refractivity contribution in [1.82, 2.24) is 0 Å². The minimum Gasteiger partial charge on any atom is -0.519 e. The summed E-state index contributed by atoms with van der Waals surface area (Å²) in [4.78, 5) is 0. The summed E-state index contributed by atoms with van der Waals surface area (Å²) in [7, 11) is -0.525. The van der Waals surface area contributed by atoms with Gasteiger partial charge in [0.15, 0.2) is 0 Å². The fourth-order valence-electron chi connectivity index (χ4n) is 1.83. The molecular weight excluding hydrogens is 213 g/mol. The van der Waals surface area contributed by atoms with Gasteiger partial charge in [-0.2, -0.15) is 5.26 Å². The molecule has 2 aromatic rings. The molecule has 17 heavy (non-hydrogen) atoms. The second-order valence-electron chi connectivity index (χ2n) is 3.71. The number of benzene rings is 2. The van der Waals surface area contributed by atoms with Gasteiger partial charge in [0.05, 0.1) is 11.6 Å². The molecular formula is C13H8BNO2. The van der Waals surface area contributed by atoms with E-state index in [1.807, 2.05) is 42.5 Å². The van der Waals surface area contributed by atoms with Crippen LogP contribution in [0, 0.1) is 11.3 Å². The van der Waals surface area contributed by atoms with Crippen molar-refractivity contribution in [3.63, 3.8) is 0 Å². The van der Waals surface area contributed by atoms with E-state index in [-0.39, 0.29) is 0 Å². The third kappa shape index (κ3) is 1.62. The Kier molecular flexibility index (Phi) is 2.23. The quantitative estimate of drug-likeness (QED) is 0.688. The lowest BCUT2D eigenvalue weighted by atomic mass is 9.76. The number of rotatable bonds is 1. The number of fused-ring (bicyclic) bond motifs is 1. The standard InChI is InChI=1S/C13H8BNO2/c15-9-10-5-1-2-6-11(10)14-16-12-7-3-4-8-13(12)17-14/h1-8H. The van der Waals surface area contributed by atoms with Crippen LogP contribution in [-0.2, 0) is 0 Å². The summed E-state index contributed by atoms with van der Waals surface area (Å²) in [6.07, 6.45) is 0.